The standard InChI is InChI=1S/C18H16ClF3N2O4S/c1-23-29(26,27)16-9-11(3-7-15(16)28-2)4-8-17(25)24-12-5-6-14(19)13(10-12)18(20,21)22/h3-10,23H,1-2H3,(H,24,25)/b8-4+. The molecule has 0 fully saturated rings. The predicted octanol–water partition coefficient (Wildman–Crippen LogP) is 3.93. The molecule has 0 atom stereocenters. The molecule has 2 N–H and O–H groups in total. The van der Waals surface area contributed by atoms with Gasteiger partial charge in [-0.2, -0.15) is 13.2 Å². The van der Waals surface area contributed by atoms with E-state index in [1.165, 1.54) is 44.5 Å². The van der Waals surface area contributed by atoms with Crippen LogP contribution in [0.5, 0.6) is 5.75 Å². The van der Waals surface area contributed by atoms with Gasteiger partial charge in [0.25, 0.3) is 0 Å². The molecule has 6 nitrogen and oxygen atoms in total. The number of amides is 1. The second kappa shape index (κ2) is 8.85. The van der Waals surface area contributed by atoms with Gasteiger partial charge >= 0.3 is 6.18 Å². The molecule has 0 heterocycles. The topological polar surface area (TPSA) is 84.5 Å². The number of rotatable bonds is 6. The summed E-state index contributed by atoms with van der Waals surface area (Å²) in [4.78, 5) is 11.9. The lowest BCUT2D eigenvalue weighted by atomic mass is 10.2. The normalized spacial score (nSPS) is 12.2. The van der Waals surface area contributed by atoms with Crippen LogP contribution < -0.4 is 14.8 Å². The molecule has 0 saturated heterocycles. The third-order valence-corrected chi connectivity index (χ3v) is 5.48. The molecule has 0 aliphatic rings. The number of carbonyl (C=O) groups excluding carboxylic acids is 1. The van der Waals surface area contributed by atoms with Crippen molar-refractivity contribution in [3.8, 4) is 5.75 Å². The number of hydrogen-bond acceptors (Lipinski definition) is 4. The van der Waals surface area contributed by atoms with Crippen LogP contribution in [0.4, 0.5) is 18.9 Å². The highest BCUT2D eigenvalue weighted by Gasteiger charge is 2.33. The van der Waals surface area contributed by atoms with Gasteiger partial charge in [-0.15, -0.1) is 0 Å². The fraction of sp³-hybridized carbons (Fsp3) is 0.167. The van der Waals surface area contributed by atoms with Crippen molar-refractivity contribution in [1.82, 2.24) is 4.72 Å². The SMILES string of the molecule is CNS(=O)(=O)c1cc(/C=C/C(=O)Nc2ccc(Cl)c(C(F)(F)F)c2)ccc1OC. The van der Waals surface area contributed by atoms with Gasteiger partial charge in [0.2, 0.25) is 15.9 Å². The second-order valence-corrected chi connectivity index (χ2v) is 7.89. The van der Waals surface area contributed by atoms with Gasteiger partial charge in [-0.25, -0.2) is 13.1 Å². The summed E-state index contributed by atoms with van der Waals surface area (Å²) in [5, 5.41) is 1.81. The minimum Gasteiger partial charge on any atom is -0.495 e. The van der Waals surface area contributed by atoms with Crippen molar-refractivity contribution in [3.63, 3.8) is 0 Å². The summed E-state index contributed by atoms with van der Waals surface area (Å²) >= 11 is 5.54. The maximum atomic E-state index is 12.9. The molecule has 0 unspecified atom stereocenters. The van der Waals surface area contributed by atoms with Gasteiger partial charge in [0.1, 0.15) is 10.6 Å². The fourth-order valence-corrected chi connectivity index (χ4v) is 3.45. The number of halogens is 4. The first-order valence-electron chi connectivity index (χ1n) is 7.95. The Labute approximate surface area is 170 Å². The summed E-state index contributed by atoms with van der Waals surface area (Å²) < 4.78 is 69.9. The number of hydrogen-bond donors (Lipinski definition) is 2. The predicted molar refractivity (Wildman–Crippen MR) is 103 cm³/mol. The maximum Gasteiger partial charge on any atom is 0.417 e. The van der Waals surface area contributed by atoms with Crippen LogP contribution in [0.3, 0.4) is 0 Å². The maximum absolute atomic E-state index is 12.9. The molecule has 2 rings (SSSR count). The van der Waals surface area contributed by atoms with Crippen LogP contribution in [-0.4, -0.2) is 28.5 Å². The van der Waals surface area contributed by atoms with Gasteiger partial charge in [0, 0.05) is 11.8 Å². The molecule has 29 heavy (non-hydrogen) atoms. The molecule has 156 valence electrons. The molecule has 2 aromatic carbocycles. The molecular formula is C18H16ClF3N2O4S. The molecule has 0 aliphatic heterocycles. The van der Waals surface area contributed by atoms with Crippen molar-refractivity contribution in [2.45, 2.75) is 11.1 Å². The van der Waals surface area contributed by atoms with Crippen LogP contribution in [0.25, 0.3) is 6.08 Å². The summed E-state index contributed by atoms with van der Waals surface area (Å²) in [6.45, 7) is 0. The molecule has 0 saturated carbocycles. The highest BCUT2D eigenvalue weighted by Crippen LogP contribution is 2.36. The van der Waals surface area contributed by atoms with E-state index in [-0.39, 0.29) is 16.3 Å². The number of anilines is 1. The lowest BCUT2D eigenvalue weighted by Gasteiger charge is -2.11. The quantitative estimate of drug-likeness (QED) is 0.656. The lowest BCUT2D eigenvalue weighted by Crippen LogP contribution is -2.19. The second-order valence-electron chi connectivity index (χ2n) is 5.63. The van der Waals surface area contributed by atoms with E-state index in [1.807, 2.05) is 0 Å². The van der Waals surface area contributed by atoms with Gasteiger partial charge < -0.3 is 10.1 Å². The number of methoxy groups -OCH3 is 1. The zero-order valence-electron chi connectivity index (χ0n) is 15.2. The van der Waals surface area contributed by atoms with Gasteiger partial charge in [-0.1, -0.05) is 17.7 Å². The van der Waals surface area contributed by atoms with E-state index in [9.17, 15) is 26.4 Å². The average molecular weight is 449 g/mol. The summed E-state index contributed by atoms with van der Waals surface area (Å²) in [6, 6.07) is 7.20. The minimum absolute atomic E-state index is 0.0930. The Kier molecular flexibility index (Phi) is 6.93. The monoisotopic (exact) mass is 448 g/mol. The Balaban J connectivity index is 2.23. The van der Waals surface area contributed by atoms with E-state index in [0.717, 1.165) is 18.2 Å². The van der Waals surface area contributed by atoms with E-state index in [2.05, 4.69) is 10.0 Å². The zero-order chi connectivity index (χ0) is 21.8. The van der Waals surface area contributed by atoms with Gasteiger partial charge in [0.15, 0.2) is 0 Å². The smallest absolute Gasteiger partial charge is 0.417 e. The van der Waals surface area contributed by atoms with Crippen molar-refractivity contribution < 1.29 is 31.1 Å². The van der Waals surface area contributed by atoms with E-state index in [1.54, 1.807) is 0 Å². The first-order chi connectivity index (χ1) is 13.5. The Hall–Kier alpha value is -2.56. The van der Waals surface area contributed by atoms with Crippen LogP contribution in [-0.2, 0) is 21.0 Å². The molecule has 1 amide bonds. The van der Waals surface area contributed by atoms with Crippen molar-refractivity contribution >= 4 is 39.3 Å². The number of carbonyl (C=O) groups is 1. The third-order valence-electron chi connectivity index (χ3n) is 3.71. The number of nitrogens with one attached hydrogen (secondary N) is 2. The Morgan fingerprint density at radius 2 is 1.86 bits per heavy atom. The van der Waals surface area contributed by atoms with Crippen LogP contribution in [0.15, 0.2) is 47.4 Å². The van der Waals surface area contributed by atoms with E-state index >= 15 is 0 Å². The van der Waals surface area contributed by atoms with Crippen LogP contribution >= 0.6 is 11.6 Å². The van der Waals surface area contributed by atoms with E-state index in [0.29, 0.717) is 5.56 Å². The number of sulfonamides is 1. The molecule has 0 spiro atoms. The first kappa shape index (κ1) is 22.7. The van der Waals surface area contributed by atoms with Gasteiger partial charge in [-0.05, 0) is 49.0 Å². The van der Waals surface area contributed by atoms with Crippen LogP contribution in [0.2, 0.25) is 5.02 Å². The van der Waals surface area contributed by atoms with Crippen molar-refractivity contribution in [3.05, 3.63) is 58.6 Å². The Morgan fingerprint density at radius 1 is 1.17 bits per heavy atom. The molecule has 0 bridgehead atoms. The number of benzene rings is 2. The minimum atomic E-state index is -4.66. The fourth-order valence-electron chi connectivity index (χ4n) is 2.29. The highest BCUT2D eigenvalue weighted by atomic mass is 35.5. The summed E-state index contributed by atoms with van der Waals surface area (Å²) in [6.07, 6.45) is -2.30. The van der Waals surface area contributed by atoms with Crippen LogP contribution in [0, 0.1) is 0 Å². The van der Waals surface area contributed by atoms with Gasteiger partial charge in [-0.3, -0.25) is 4.79 Å². The molecule has 11 heteroatoms. The van der Waals surface area contributed by atoms with Crippen molar-refractivity contribution in [2.24, 2.45) is 0 Å². The molecule has 2 aromatic rings. The summed E-state index contributed by atoms with van der Waals surface area (Å²) in [5.74, 6) is -0.601. The Bertz CT molecular complexity index is 1050. The van der Waals surface area contributed by atoms with Crippen molar-refractivity contribution in [1.29, 1.82) is 0 Å². The van der Waals surface area contributed by atoms with Crippen molar-refractivity contribution in [2.75, 3.05) is 19.5 Å². The third kappa shape index (κ3) is 5.72. The van der Waals surface area contributed by atoms with E-state index < -0.39 is 32.7 Å². The highest BCUT2D eigenvalue weighted by molar-refractivity contribution is 7.89. The average Bonchev–Trinajstić information content (AvgIpc) is 2.66. The molecule has 0 aromatic heterocycles. The van der Waals surface area contributed by atoms with Gasteiger partial charge in [0.05, 0.1) is 17.7 Å². The first-order valence-corrected chi connectivity index (χ1v) is 9.81. The van der Waals surface area contributed by atoms with E-state index in [4.69, 9.17) is 16.3 Å². The van der Waals surface area contributed by atoms with Crippen LogP contribution in [0.1, 0.15) is 11.1 Å². The molecular weight excluding hydrogens is 433 g/mol. The summed E-state index contributed by atoms with van der Waals surface area (Å²) in [5.41, 5.74) is -0.801. The zero-order valence-corrected chi connectivity index (χ0v) is 16.7. The largest absolute Gasteiger partial charge is 0.495 e. The Morgan fingerprint density at radius 3 is 2.45 bits per heavy atom. The number of alkyl halides is 3. The molecule has 0 radical (unpaired) electrons. The molecule has 0 aliphatic carbocycles. The number of ether oxygens (including phenoxy) is 1. The summed E-state index contributed by atoms with van der Waals surface area (Å²) in [7, 11) is -1.25. The lowest BCUT2D eigenvalue weighted by molar-refractivity contribution is -0.137.